The summed E-state index contributed by atoms with van der Waals surface area (Å²) in [5, 5.41) is 10.8. The molecule has 0 aliphatic heterocycles. The maximum absolute atomic E-state index is 12.7. The predicted octanol–water partition coefficient (Wildman–Crippen LogP) is 5.19. The molecule has 0 unspecified atom stereocenters. The Bertz CT molecular complexity index is 485. The molecule has 0 atom stereocenters. The van der Waals surface area contributed by atoms with Gasteiger partial charge < -0.3 is 5.11 Å². The van der Waals surface area contributed by atoms with Gasteiger partial charge in [0.1, 0.15) is 0 Å². The van der Waals surface area contributed by atoms with Gasteiger partial charge in [-0.05, 0) is 61.8 Å². The minimum atomic E-state index is -4.33. The van der Waals surface area contributed by atoms with E-state index in [2.05, 4.69) is 6.92 Å². The van der Waals surface area contributed by atoms with Crippen molar-refractivity contribution in [1.82, 2.24) is 0 Å². The molecule has 118 valence electrons. The van der Waals surface area contributed by atoms with E-state index in [1.165, 1.54) is 12.5 Å². The molecule has 0 saturated heterocycles. The smallest absolute Gasteiger partial charge is 0.385 e. The number of alkyl halides is 3. The van der Waals surface area contributed by atoms with E-state index in [-0.39, 0.29) is 0 Å². The molecular weight excluding hydrogens is 277 g/mol. The molecule has 1 fully saturated rings. The number of hydrogen-bond donors (Lipinski definition) is 1. The van der Waals surface area contributed by atoms with E-state index in [0.29, 0.717) is 29.9 Å². The van der Waals surface area contributed by atoms with Crippen molar-refractivity contribution in [2.75, 3.05) is 0 Å². The minimum absolute atomic E-state index is 0.529. The number of halogens is 3. The standard InChI is InChI=1S/C17H23F3O/c1-3-4-13-7-9-16(21,10-8-13)15-6-5-14(11-12(15)2)17(18,19)20/h5-6,11,13,21H,3-4,7-10H2,1-2H3. The van der Waals surface area contributed by atoms with Gasteiger partial charge in [0.05, 0.1) is 11.2 Å². The highest BCUT2D eigenvalue weighted by Gasteiger charge is 2.37. The van der Waals surface area contributed by atoms with Crippen LogP contribution in [0.4, 0.5) is 13.2 Å². The lowest BCUT2D eigenvalue weighted by Crippen LogP contribution is -2.32. The lowest BCUT2D eigenvalue weighted by Gasteiger charge is -2.37. The van der Waals surface area contributed by atoms with Gasteiger partial charge in [0.25, 0.3) is 0 Å². The maximum atomic E-state index is 12.7. The van der Waals surface area contributed by atoms with Crippen molar-refractivity contribution in [3.05, 3.63) is 34.9 Å². The highest BCUT2D eigenvalue weighted by atomic mass is 19.4. The highest BCUT2D eigenvalue weighted by molar-refractivity contribution is 5.36. The molecule has 1 nitrogen and oxygen atoms in total. The largest absolute Gasteiger partial charge is 0.416 e. The molecule has 0 aromatic heterocycles. The second-order valence-corrected chi connectivity index (χ2v) is 6.29. The van der Waals surface area contributed by atoms with Crippen LogP contribution in [0.15, 0.2) is 18.2 Å². The van der Waals surface area contributed by atoms with Gasteiger partial charge in [-0.3, -0.25) is 0 Å². The summed E-state index contributed by atoms with van der Waals surface area (Å²) in [6, 6.07) is 3.68. The normalized spacial score (nSPS) is 26.9. The molecule has 4 heteroatoms. The van der Waals surface area contributed by atoms with Crippen LogP contribution < -0.4 is 0 Å². The van der Waals surface area contributed by atoms with Crippen LogP contribution in [-0.4, -0.2) is 5.11 Å². The van der Waals surface area contributed by atoms with E-state index in [9.17, 15) is 18.3 Å². The lowest BCUT2D eigenvalue weighted by atomic mass is 9.73. The topological polar surface area (TPSA) is 20.2 Å². The molecule has 2 rings (SSSR count). The van der Waals surface area contributed by atoms with Crippen molar-refractivity contribution < 1.29 is 18.3 Å². The minimum Gasteiger partial charge on any atom is -0.385 e. The predicted molar refractivity (Wildman–Crippen MR) is 76.9 cm³/mol. The first kappa shape index (κ1) is 16.3. The van der Waals surface area contributed by atoms with E-state index in [1.807, 2.05) is 0 Å². The van der Waals surface area contributed by atoms with Crippen LogP contribution in [0.2, 0.25) is 0 Å². The molecule has 21 heavy (non-hydrogen) atoms. The molecule has 1 aliphatic rings. The first-order chi connectivity index (χ1) is 9.76. The van der Waals surface area contributed by atoms with Gasteiger partial charge in [0.2, 0.25) is 0 Å². The van der Waals surface area contributed by atoms with Gasteiger partial charge in [-0.15, -0.1) is 0 Å². The Morgan fingerprint density at radius 3 is 2.33 bits per heavy atom. The van der Waals surface area contributed by atoms with Gasteiger partial charge in [-0.1, -0.05) is 25.8 Å². The van der Waals surface area contributed by atoms with Crippen molar-refractivity contribution in [1.29, 1.82) is 0 Å². The molecular formula is C17H23F3O. The average molecular weight is 300 g/mol. The zero-order valence-corrected chi connectivity index (χ0v) is 12.6. The molecule has 1 aromatic carbocycles. The second-order valence-electron chi connectivity index (χ2n) is 6.29. The molecule has 0 spiro atoms. The molecule has 1 saturated carbocycles. The van der Waals surface area contributed by atoms with Crippen LogP contribution in [0.3, 0.4) is 0 Å². The van der Waals surface area contributed by atoms with Crippen molar-refractivity contribution >= 4 is 0 Å². The van der Waals surface area contributed by atoms with Crippen molar-refractivity contribution in [2.24, 2.45) is 5.92 Å². The summed E-state index contributed by atoms with van der Waals surface area (Å²) in [5.41, 5.74) is -0.419. The van der Waals surface area contributed by atoms with Crippen molar-refractivity contribution in [3.63, 3.8) is 0 Å². The molecule has 0 radical (unpaired) electrons. The fourth-order valence-corrected chi connectivity index (χ4v) is 3.48. The van der Waals surface area contributed by atoms with E-state index >= 15 is 0 Å². The van der Waals surface area contributed by atoms with Gasteiger partial charge in [0, 0.05) is 0 Å². The molecule has 0 bridgehead atoms. The number of benzene rings is 1. The Hall–Kier alpha value is -1.03. The van der Waals surface area contributed by atoms with Gasteiger partial charge in [-0.2, -0.15) is 13.2 Å². The molecule has 0 amide bonds. The monoisotopic (exact) mass is 300 g/mol. The van der Waals surface area contributed by atoms with E-state index in [4.69, 9.17) is 0 Å². The number of aryl methyl sites for hydroxylation is 1. The third-order valence-electron chi connectivity index (χ3n) is 4.68. The Morgan fingerprint density at radius 1 is 1.24 bits per heavy atom. The van der Waals surface area contributed by atoms with Crippen molar-refractivity contribution in [2.45, 2.75) is 64.1 Å². The van der Waals surface area contributed by atoms with Crippen LogP contribution in [0.25, 0.3) is 0 Å². The molecule has 1 aliphatic carbocycles. The Kier molecular flexibility index (Phi) is 4.66. The quantitative estimate of drug-likeness (QED) is 0.814. The lowest BCUT2D eigenvalue weighted by molar-refractivity contribution is -0.137. The number of hydrogen-bond acceptors (Lipinski definition) is 1. The summed E-state index contributed by atoms with van der Waals surface area (Å²) >= 11 is 0. The highest BCUT2D eigenvalue weighted by Crippen LogP contribution is 2.43. The van der Waals surface area contributed by atoms with Crippen LogP contribution in [-0.2, 0) is 11.8 Å². The van der Waals surface area contributed by atoms with Crippen molar-refractivity contribution in [3.8, 4) is 0 Å². The summed E-state index contributed by atoms with van der Waals surface area (Å²) < 4.78 is 38.1. The Labute approximate surface area is 124 Å². The van der Waals surface area contributed by atoms with Crippen LogP contribution in [0.5, 0.6) is 0 Å². The third-order valence-corrected chi connectivity index (χ3v) is 4.68. The van der Waals surface area contributed by atoms with E-state index in [1.54, 1.807) is 6.92 Å². The third kappa shape index (κ3) is 3.60. The van der Waals surface area contributed by atoms with Crippen LogP contribution in [0.1, 0.15) is 62.1 Å². The van der Waals surface area contributed by atoms with Crippen LogP contribution in [0, 0.1) is 12.8 Å². The summed E-state index contributed by atoms with van der Waals surface area (Å²) in [4.78, 5) is 0. The Morgan fingerprint density at radius 2 is 1.86 bits per heavy atom. The zero-order valence-electron chi connectivity index (χ0n) is 12.6. The Balaban J connectivity index is 2.19. The zero-order chi connectivity index (χ0) is 15.7. The molecule has 1 aromatic rings. The number of aliphatic hydroxyl groups is 1. The van der Waals surface area contributed by atoms with Gasteiger partial charge in [0.15, 0.2) is 0 Å². The summed E-state index contributed by atoms with van der Waals surface area (Å²) in [6.07, 6.45) is 1.17. The SMILES string of the molecule is CCCC1CCC(O)(c2ccc(C(F)(F)F)cc2C)CC1. The van der Waals surface area contributed by atoms with E-state index in [0.717, 1.165) is 31.4 Å². The first-order valence-corrected chi connectivity index (χ1v) is 7.67. The second kappa shape index (κ2) is 5.99. The molecule has 1 N–H and O–H groups in total. The van der Waals surface area contributed by atoms with E-state index < -0.39 is 17.3 Å². The fraction of sp³-hybridized carbons (Fsp3) is 0.647. The average Bonchev–Trinajstić information content (AvgIpc) is 2.40. The summed E-state index contributed by atoms with van der Waals surface area (Å²) in [6.45, 7) is 3.81. The molecule has 0 heterocycles. The fourth-order valence-electron chi connectivity index (χ4n) is 3.48. The maximum Gasteiger partial charge on any atom is 0.416 e. The van der Waals surface area contributed by atoms with Crippen LogP contribution >= 0.6 is 0 Å². The summed E-state index contributed by atoms with van der Waals surface area (Å²) in [5.74, 6) is 0.644. The first-order valence-electron chi connectivity index (χ1n) is 7.67. The van der Waals surface area contributed by atoms with Gasteiger partial charge in [-0.25, -0.2) is 0 Å². The summed E-state index contributed by atoms with van der Waals surface area (Å²) in [7, 11) is 0. The number of rotatable bonds is 3. The van der Waals surface area contributed by atoms with Gasteiger partial charge >= 0.3 is 6.18 Å².